The molecule has 82 valence electrons. The Balaban J connectivity index is 2.21. The number of nitrogens with zero attached hydrogens (tertiary/aromatic N) is 1. The minimum absolute atomic E-state index is 0.420. The lowest BCUT2D eigenvalue weighted by molar-refractivity contribution is -0.165. The van der Waals surface area contributed by atoms with Crippen molar-refractivity contribution in [3.63, 3.8) is 0 Å². The van der Waals surface area contributed by atoms with Crippen molar-refractivity contribution >= 4 is 0 Å². The van der Waals surface area contributed by atoms with Gasteiger partial charge in [0.15, 0.2) is 0 Å². The number of hydrogen-bond acceptors (Lipinski definition) is 5. The predicted molar refractivity (Wildman–Crippen MR) is 42.3 cm³/mol. The Morgan fingerprint density at radius 1 is 1.29 bits per heavy atom. The molecule has 0 aromatic rings. The van der Waals surface area contributed by atoms with Crippen LogP contribution < -0.4 is 22.0 Å². The highest BCUT2D eigenvalue weighted by molar-refractivity contribution is 5.01. The summed E-state index contributed by atoms with van der Waals surface area (Å²) < 4.78 is 37.6. The third kappa shape index (κ3) is 1.39. The molecular formula is C6H12F3N5. The minimum atomic E-state index is -4.28. The second kappa shape index (κ2) is 3.04. The number of nitrogens with two attached hydrogens (primary N) is 1. The van der Waals surface area contributed by atoms with Crippen LogP contribution in [-0.4, -0.2) is 36.6 Å². The maximum Gasteiger partial charge on any atom is 0.405 e. The minimum Gasteiger partial charge on any atom is -0.315 e. The summed E-state index contributed by atoms with van der Waals surface area (Å²) in [5.41, 5.74) is 13.2. The van der Waals surface area contributed by atoms with E-state index in [1.165, 1.54) is 5.01 Å². The first-order valence-electron chi connectivity index (χ1n) is 4.23. The molecule has 8 heteroatoms. The molecule has 14 heavy (non-hydrogen) atoms. The third-order valence-electron chi connectivity index (χ3n) is 2.67. The van der Waals surface area contributed by atoms with Gasteiger partial charge in [-0.05, 0) is 0 Å². The summed E-state index contributed by atoms with van der Waals surface area (Å²) in [6.45, 7) is 0. The maximum atomic E-state index is 12.5. The van der Waals surface area contributed by atoms with Crippen molar-refractivity contribution in [2.45, 2.75) is 24.5 Å². The average molecular weight is 211 g/mol. The first-order valence-corrected chi connectivity index (χ1v) is 4.23. The molecule has 2 heterocycles. The van der Waals surface area contributed by atoms with Gasteiger partial charge >= 0.3 is 6.18 Å². The van der Waals surface area contributed by atoms with Gasteiger partial charge in [-0.1, -0.05) is 0 Å². The molecule has 4 atom stereocenters. The fraction of sp³-hybridized carbons (Fsp3) is 1.00. The first-order chi connectivity index (χ1) is 6.41. The van der Waals surface area contributed by atoms with Crippen LogP contribution in [0.3, 0.4) is 0 Å². The van der Waals surface area contributed by atoms with Crippen molar-refractivity contribution in [3.05, 3.63) is 0 Å². The molecule has 2 fully saturated rings. The SMILES string of the molecule is CN1NC(C(F)(F)F)C2C(N)NNC21. The van der Waals surface area contributed by atoms with Gasteiger partial charge in [0, 0.05) is 13.0 Å². The number of nitrogens with one attached hydrogen (secondary N) is 3. The largest absolute Gasteiger partial charge is 0.405 e. The topological polar surface area (TPSA) is 65.3 Å². The molecule has 2 aliphatic heterocycles. The molecule has 0 saturated carbocycles. The van der Waals surface area contributed by atoms with Crippen molar-refractivity contribution in [2.24, 2.45) is 11.7 Å². The van der Waals surface area contributed by atoms with Crippen molar-refractivity contribution < 1.29 is 13.2 Å². The molecule has 2 aliphatic rings. The van der Waals surface area contributed by atoms with Gasteiger partial charge in [0.05, 0.1) is 12.3 Å². The van der Waals surface area contributed by atoms with Crippen LogP contribution in [0.15, 0.2) is 0 Å². The van der Waals surface area contributed by atoms with Gasteiger partial charge in [0.1, 0.15) is 6.04 Å². The Bertz CT molecular complexity index is 232. The third-order valence-corrected chi connectivity index (χ3v) is 2.67. The molecule has 0 bridgehead atoms. The maximum absolute atomic E-state index is 12.5. The summed E-state index contributed by atoms with van der Waals surface area (Å²) >= 11 is 0. The van der Waals surface area contributed by atoms with Crippen molar-refractivity contribution in [3.8, 4) is 0 Å². The van der Waals surface area contributed by atoms with Gasteiger partial charge in [0.25, 0.3) is 0 Å². The number of fused-ring (bicyclic) bond motifs is 1. The van der Waals surface area contributed by atoms with Crippen LogP contribution in [0.2, 0.25) is 0 Å². The lowest BCUT2D eigenvalue weighted by Crippen LogP contribution is -2.52. The molecule has 0 radical (unpaired) electrons. The Hall–Kier alpha value is -0.410. The van der Waals surface area contributed by atoms with Crippen LogP contribution in [0.4, 0.5) is 13.2 Å². The van der Waals surface area contributed by atoms with Gasteiger partial charge in [-0.25, -0.2) is 21.3 Å². The van der Waals surface area contributed by atoms with E-state index in [1.807, 2.05) is 0 Å². The Labute approximate surface area is 78.7 Å². The van der Waals surface area contributed by atoms with E-state index in [-0.39, 0.29) is 0 Å². The highest BCUT2D eigenvalue weighted by Crippen LogP contribution is 2.34. The summed E-state index contributed by atoms with van der Waals surface area (Å²) in [5.74, 6) is -0.708. The monoisotopic (exact) mass is 211 g/mol. The van der Waals surface area contributed by atoms with Gasteiger partial charge in [-0.2, -0.15) is 13.2 Å². The van der Waals surface area contributed by atoms with Crippen LogP contribution >= 0.6 is 0 Å². The summed E-state index contributed by atoms with van der Waals surface area (Å²) in [6.07, 6.45) is -5.39. The lowest BCUT2D eigenvalue weighted by atomic mass is 9.97. The second-order valence-corrected chi connectivity index (χ2v) is 3.60. The average Bonchev–Trinajstić information content (AvgIpc) is 2.54. The van der Waals surface area contributed by atoms with Crippen LogP contribution in [0, 0.1) is 5.92 Å². The Kier molecular flexibility index (Phi) is 2.20. The van der Waals surface area contributed by atoms with Crippen LogP contribution in [0.1, 0.15) is 0 Å². The molecule has 5 N–H and O–H groups in total. The van der Waals surface area contributed by atoms with E-state index in [9.17, 15) is 13.2 Å². The quantitative estimate of drug-likeness (QED) is 0.401. The van der Waals surface area contributed by atoms with E-state index in [4.69, 9.17) is 5.73 Å². The van der Waals surface area contributed by atoms with Crippen LogP contribution in [0.5, 0.6) is 0 Å². The molecule has 0 aromatic carbocycles. The summed E-state index contributed by atoms with van der Waals surface area (Å²) in [7, 11) is 1.55. The predicted octanol–water partition coefficient (Wildman–Crippen LogP) is -1.30. The van der Waals surface area contributed by atoms with Crippen LogP contribution in [-0.2, 0) is 0 Å². The van der Waals surface area contributed by atoms with Crippen molar-refractivity contribution in [1.29, 1.82) is 0 Å². The Morgan fingerprint density at radius 3 is 2.50 bits per heavy atom. The van der Waals surface area contributed by atoms with Gasteiger partial charge in [-0.3, -0.25) is 0 Å². The van der Waals surface area contributed by atoms with Crippen molar-refractivity contribution in [1.82, 2.24) is 21.3 Å². The zero-order valence-electron chi connectivity index (χ0n) is 7.47. The number of rotatable bonds is 0. The molecule has 0 aliphatic carbocycles. The summed E-state index contributed by atoms with van der Waals surface area (Å²) in [4.78, 5) is 0. The normalized spacial score (nSPS) is 44.4. The number of hydrogen-bond donors (Lipinski definition) is 4. The van der Waals surface area contributed by atoms with Gasteiger partial charge in [-0.15, -0.1) is 0 Å². The molecule has 0 aromatic heterocycles. The number of hydrazine groups is 2. The summed E-state index contributed by atoms with van der Waals surface area (Å²) in [6, 6.07) is -1.59. The van der Waals surface area contributed by atoms with Gasteiger partial charge in [0.2, 0.25) is 0 Å². The smallest absolute Gasteiger partial charge is 0.315 e. The van der Waals surface area contributed by atoms with Gasteiger partial charge < -0.3 is 5.73 Å². The number of alkyl halides is 3. The zero-order chi connectivity index (χ0) is 10.5. The summed E-state index contributed by atoms with van der Waals surface area (Å²) in [5, 5.41) is 1.39. The van der Waals surface area contributed by atoms with E-state index in [2.05, 4.69) is 16.3 Å². The number of halogens is 3. The standard InChI is InChI=1S/C6H12F3N5/c1-14-5-2(4(10)11-12-5)3(13-14)6(7,8)9/h2-5,11-13H,10H2,1H3. The van der Waals surface area contributed by atoms with Crippen LogP contribution in [0.25, 0.3) is 0 Å². The van der Waals surface area contributed by atoms with E-state index in [1.54, 1.807) is 7.05 Å². The molecular weight excluding hydrogens is 199 g/mol. The molecule has 0 spiro atoms. The zero-order valence-corrected chi connectivity index (χ0v) is 7.47. The molecule has 4 unspecified atom stereocenters. The van der Waals surface area contributed by atoms with E-state index in [0.29, 0.717) is 0 Å². The fourth-order valence-corrected chi connectivity index (χ4v) is 1.99. The fourth-order valence-electron chi connectivity index (χ4n) is 1.99. The van der Waals surface area contributed by atoms with Crippen molar-refractivity contribution in [2.75, 3.05) is 7.05 Å². The highest BCUT2D eigenvalue weighted by atomic mass is 19.4. The molecule has 5 nitrogen and oxygen atoms in total. The van der Waals surface area contributed by atoms with E-state index >= 15 is 0 Å². The molecule has 0 amide bonds. The highest BCUT2D eigenvalue weighted by Gasteiger charge is 2.57. The molecule has 2 rings (SSSR count). The second-order valence-electron chi connectivity index (χ2n) is 3.60. The first kappa shape index (κ1) is 10.1. The lowest BCUT2D eigenvalue weighted by Gasteiger charge is -2.22. The van der Waals surface area contributed by atoms with E-state index in [0.717, 1.165) is 0 Å². The Morgan fingerprint density at radius 2 is 1.93 bits per heavy atom. The molecule has 2 saturated heterocycles. The van der Waals surface area contributed by atoms with E-state index < -0.39 is 30.5 Å².